The van der Waals surface area contributed by atoms with E-state index in [2.05, 4.69) is 21.0 Å². The summed E-state index contributed by atoms with van der Waals surface area (Å²) in [4.78, 5) is 0.280. The first-order valence-electron chi connectivity index (χ1n) is 5.59. The second-order valence-electron chi connectivity index (χ2n) is 4.24. The molecule has 0 saturated heterocycles. The molecule has 0 unspecified atom stereocenters. The second-order valence-corrected chi connectivity index (χ2v) is 7.20. The first-order chi connectivity index (χ1) is 8.89. The molecular weight excluding hydrogens is 330 g/mol. The number of benzene rings is 1. The summed E-state index contributed by atoms with van der Waals surface area (Å²) in [6.45, 7) is 0.298. The first-order valence-corrected chi connectivity index (χ1v) is 7.82. The molecule has 102 valence electrons. The van der Waals surface area contributed by atoms with Crippen molar-refractivity contribution in [2.45, 2.75) is 11.4 Å². The van der Waals surface area contributed by atoms with Crippen molar-refractivity contribution in [2.75, 3.05) is 7.05 Å². The van der Waals surface area contributed by atoms with Gasteiger partial charge in [0.25, 0.3) is 0 Å². The maximum atomic E-state index is 12.3. The molecular formula is C12H14BrN3O2S. The van der Waals surface area contributed by atoms with Gasteiger partial charge in [-0.05, 0) is 24.3 Å². The Morgan fingerprint density at radius 2 is 1.95 bits per heavy atom. The molecule has 0 aliphatic carbocycles. The van der Waals surface area contributed by atoms with Crippen LogP contribution in [0, 0.1) is 0 Å². The van der Waals surface area contributed by atoms with Crippen LogP contribution in [0.2, 0.25) is 0 Å². The van der Waals surface area contributed by atoms with E-state index < -0.39 is 10.0 Å². The maximum Gasteiger partial charge on any atom is 0.243 e. The highest BCUT2D eigenvalue weighted by atomic mass is 79.9. The topological polar surface area (TPSA) is 55.2 Å². The minimum Gasteiger partial charge on any atom is -0.275 e. The van der Waals surface area contributed by atoms with Crippen molar-refractivity contribution < 1.29 is 8.42 Å². The minimum absolute atomic E-state index is 0.280. The summed E-state index contributed by atoms with van der Waals surface area (Å²) in [5.74, 6) is 0. The Morgan fingerprint density at radius 1 is 1.32 bits per heavy atom. The van der Waals surface area contributed by atoms with Crippen LogP contribution in [0.15, 0.2) is 46.0 Å². The third kappa shape index (κ3) is 3.23. The van der Waals surface area contributed by atoms with Gasteiger partial charge in [0.2, 0.25) is 10.0 Å². The molecule has 19 heavy (non-hydrogen) atoms. The van der Waals surface area contributed by atoms with Gasteiger partial charge in [0.15, 0.2) is 0 Å². The first kappa shape index (κ1) is 14.2. The number of hydrogen-bond acceptors (Lipinski definition) is 3. The minimum atomic E-state index is -3.47. The Balaban J connectivity index is 2.21. The van der Waals surface area contributed by atoms with Gasteiger partial charge < -0.3 is 0 Å². The molecule has 0 aliphatic heterocycles. The van der Waals surface area contributed by atoms with E-state index in [1.54, 1.807) is 55.4 Å². The van der Waals surface area contributed by atoms with Crippen molar-refractivity contribution in [1.29, 1.82) is 0 Å². The Labute approximate surface area is 121 Å². The average molecular weight is 344 g/mol. The fourth-order valence-corrected chi connectivity index (χ4v) is 3.11. The normalized spacial score (nSPS) is 12.0. The molecule has 0 spiro atoms. The van der Waals surface area contributed by atoms with Crippen LogP contribution in [0.5, 0.6) is 0 Å². The zero-order valence-electron chi connectivity index (χ0n) is 10.6. The largest absolute Gasteiger partial charge is 0.275 e. The van der Waals surface area contributed by atoms with Crippen molar-refractivity contribution in [3.63, 3.8) is 0 Å². The molecule has 0 amide bonds. The monoisotopic (exact) mass is 343 g/mol. The zero-order chi connectivity index (χ0) is 14.0. The number of halogens is 1. The number of nitrogens with zero attached hydrogens (tertiary/aromatic N) is 3. The van der Waals surface area contributed by atoms with Gasteiger partial charge in [-0.15, -0.1) is 0 Å². The molecule has 1 aromatic carbocycles. The molecule has 0 aliphatic rings. The molecule has 2 rings (SSSR count). The van der Waals surface area contributed by atoms with Gasteiger partial charge in [0.1, 0.15) is 0 Å². The number of aromatic nitrogens is 2. The van der Waals surface area contributed by atoms with Crippen LogP contribution in [0.25, 0.3) is 0 Å². The third-order valence-corrected chi connectivity index (χ3v) is 5.03. The molecule has 0 bridgehead atoms. The van der Waals surface area contributed by atoms with E-state index in [4.69, 9.17) is 0 Å². The van der Waals surface area contributed by atoms with Gasteiger partial charge >= 0.3 is 0 Å². The zero-order valence-corrected chi connectivity index (χ0v) is 13.0. The molecule has 1 heterocycles. The van der Waals surface area contributed by atoms with Crippen molar-refractivity contribution in [3.8, 4) is 0 Å². The van der Waals surface area contributed by atoms with Gasteiger partial charge in [-0.25, -0.2) is 8.42 Å². The number of rotatable bonds is 4. The molecule has 2 aromatic rings. The predicted octanol–water partition coefficient (Wildman–Crippen LogP) is 2.00. The fourth-order valence-electron chi connectivity index (χ4n) is 1.68. The molecule has 7 heteroatoms. The molecule has 0 atom stereocenters. The quantitative estimate of drug-likeness (QED) is 0.853. The lowest BCUT2D eigenvalue weighted by molar-refractivity contribution is 0.466. The Bertz CT molecular complexity index is 665. The van der Waals surface area contributed by atoms with Gasteiger partial charge in [0.05, 0.1) is 11.1 Å². The van der Waals surface area contributed by atoms with E-state index in [0.29, 0.717) is 6.54 Å². The number of aryl methyl sites for hydroxylation is 1. The van der Waals surface area contributed by atoms with E-state index in [9.17, 15) is 8.42 Å². The summed E-state index contributed by atoms with van der Waals surface area (Å²) < 4.78 is 28.5. The third-order valence-electron chi connectivity index (χ3n) is 2.69. The lowest BCUT2D eigenvalue weighted by Crippen LogP contribution is -2.26. The van der Waals surface area contributed by atoms with Gasteiger partial charge in [-0.2, -0.15) is 9.40 Å². The van der Waals surface area contributed by atoms with Crippen LogP contribution >= 0.6 is 15.9 Å². The summed E-state index contributed by atoms with van der Waals surface area (Å²) in [6.07, 6.45) is 3.46. The number of sulfonamides is 1. The fraction of sp³-hybridized carbons (Fsp3) is 0.250. The van der Waals surface area contributed by atoms with Crippen molar-refractivity contribution in [2.24, 2.45) is 7.05 Å². The SMILES string of the molecule is CN(Cc1cnn(C)c1)S(=O)(=O)c1ccc(Br)cc1. The summed E-state index contributed by atoms with van der Waals surface area (Å²) >= 11 is 3.29. The standard InChI is InChI=1S/C12H14BrN3O2S/c1-15-8-10(7-14-15)9-16(2)19(17,18)12-5-3-11(13)4-6-12/h3-8H,9H2,1-2H3. The molecule has 5 nitrogen and oxygen atoms in total. The van der Waals surface area contributed by atoms with Crippen molar-refractivity contribution >= 4 is 26.0 Å². The maximum absolute atomic E-state index is 12.3. The van der Waals surface area contributed by atoms with Crippen molar-refractivity contribution in [1.82, 2.24) is 14.1 Å². The predicted molar refractivity (Wildman–Crippen MR) is 76.0 cm³/mol. The summed E-state index contributed by atoms with van der Waals surface area (Å²) in [5.41, 5.74) is 0.852. The lowest BCUT2D eigenvalue weighted by atomic mass is 10.4. The highest BCUT2D eigenvalue weighted by Crippen LogP contribution is 2.19. The van der Waals surface area contributed by atoms with Crippen LogP contribution < -0.4 is 0 Å². The summed E-state index contributed by atoms with van der Waals surface area (Å²) in [5, 5.41) is 4.03. The van der Waals surface area contributed by atoms with Crippen LogP contribution in [-0.2, 0) is 23.6 Å². The smallest absolute Gasteiger partial charge is 0.243 e. The summed E-state index contributed by atoms with van der Waals surface area (Å²) in [6, 6.07) is 6.59. The van der Waals surface area contributed by atoms with Crippen LogP contribution in [0.4, 0.5) is 0 Å². The lowest BCUT2D eigenvalue weighted by Gasteiger charge is -2.16. The molecule has 1 aromatic heterocycles. The van der Waals surface area contributed by atoms with E-state index in [1.165, 1.54) is 4.31 Å². The Kier molecular flexibility index (Phi) is 4.07. The molecule has 0 saturated carbocycles. The van der Waals surface area contributed by atoms with Crippen LogP contribution in [0.3, 0.4) is 0 Å². The van der Waals surface area contributed by atoms with E-state index >= 15 is 0 Å². The van der Waals surface area contributed by atoms with Crippen molar-refractivity contribution in [3.05, 3.63) is 46.7 Å². The Morgan fingerprint density at radius 3 is 2.47 bits per heavy atom. The van der Waals surface area contributed by atoms with Gasteiger partial charge in [-0.3, -0.25) is 4.68 Å². The highest BCUT2D eigenvalue weighted by Gasteiger charge is 2.21. The molecule has 0 fully saturated rings. The van der Waals surface area contributed by atoms with Crippen LogP contribution in [-0.4, -0.2) is 29.6 Å². The van der Waals surface area contributed by atoms with E-state index in [-0.39, 0.29) is 4.90 Å². The molecule has 0 radical (unpaired) electrons. The van der Waals surface area contributed by atoms with E-state index in [0.717, 1.165) is 10.0 Å². The average Bonchev–Trinajstić information content (AvgIpc) is 2.75. The summed E-state index contributed by atoms with van der Waals surface area (Å²) in [7, 11) is -0.111. The van der Waals surface area contributed by atoms with Crippen LogP contribution in [0.1, 0.15) is 5.56 Å². The number of hydrogen-bond donors (Lipinski definition) is 0. The van der Waals surface area contributed by atoms with Gasteiger partial charge in [-0.1, -0.05) is 15.9 Å². The Hall–Kier alpha value is -1.18. The highest BCUT2D eigenvalue weighted by molar-refractivity contribution is 9.10. The molecule has 0 N–H and O–H groups in total. The van der Waals surface area contributed by atoms with E-state index in [1.807, 2.05) is 0 Å². The van der Waals surface area contributed by atoms with Gasteiger partial charge in [0, 0.05) is 36.9 Å². The second kappa shape index (κ2) is 5.44.